The van der Waals surface area contributed by atoms with Crippen molar-refractivity contribution in [2.45, 2.75) is 26.1 Å². The Morgan fingerprint density at radius 1 is 1.06 bits per heavy atom. The first-order chi connectivity index (χ1) is 8.45. The fourth-order valence-electron chi connectivity index (χ4n) is 1.78. The largest absolute Gasteiger partial charge is 0.469 e. The molecule has 0 N–H and O–H groups in total. The predicted octanol–water partition coefficient (Wildman–Crippen LogP) is -0.331. The van der Waals surface area contributed by atoms with Gasteiger partial charge in [0.25, 0.3) is 0 Å². The topological polar surface area (TPSA) is 88.1 Å². The van der Waals surface area contributed by atoms with Crippen LogP contribution in [0.15, 0.2) is 0 Å². The second-order valence-corrected chi connectivity index (χ2v) is 3.89. The zero-order valence-corrected chi connectivity index (χ0v) is 10.5. The van der Waals surface area contributed by atoms with Gasteiger partial charge >= 0.3 is 17.9 Å². The van der Waals surface area contributed by atoms with Crippen molar-refractivity contribution in [3.05, 3.63) is 0 Å². The van der Waals surface area contributed by atoms with E-state index >= 15 is 0 Å². The number of ether oxygens (including phenoxy) is 4. The van der Waals surface area contributed by atoms with E-state index in [2.05, 4.69) is 4.74 Å². The molecule has 0 spiro atoms. The molecule has 0 bridgehead atoms. The first-order valence-electron chi connectivity index (χ1n) is 5.45. The Labute approximate surface area is 104 Å². The lowest BCUT2D eigenvalue weighted by Crippen LogP contribution is -2.51. The summed E-state index contributed by atoms with van der Waals surface area (Å²) in [4.78, 5) is 33.6. The van der Waals surface area contributed by atoms with Crippen molar-refractivity contribution < 1.29 is 33.3 Å². The van der Waals surface area contributed by atoms with Crippen molar-refractivity contribution in [1.82, 2.24) is 0 Å². The Kier molecular flexibility index (Phi) is 5.08. The molecule has 18 heavy (non-hydrogen) atoms. The van der Waals surface area contributed by atoms with Gasteiger partial charge in [0, 0.05) is 13.8 Å². The van der Waals surface area contributed by atoms with E-state index in [-0.39, 0.29) is 13.2 Å². The van der Waals surface area contributed by atoms with Crippen molar-refractivity contribution >= 4 is 17.9 Å². The van der Waals surface area contributed by atoms with Crippen LogP contribution in [0.4, 0.5) is 0 Å². The van der Waals surface area contributed by atoms with Gasteiger partial charge < -0.3 is 18.9 Å². The van der Waals surface area contributed by atoms with Crippen LogP contribution in [0.25, 0.3) is 0 Å². The van der Waals surface area contributed by atoms with Gasteiger partial charge in [-0.25, -0.2) is 0 Å². The predicted molar refractivity (Wildman–Crippen MR) is 57.4 cm³/mol. The molecule has 0 aromatic carbocycles. The maximum atomic E-state index is 11.6. The van der Waals surface area contributed by atoms with Crippen LogP contribution < -0.4 is 0 Å². The quantitative estimate of drug-likeness (QED) is 0.507. The smallest absolute Gasteiger partial charge is 0.314 e. The van der Waals surface area contributed by atoms with Gasteiger partial charge in [-0.1, -0.05) is 0 Å². The SMILES string of the molecule is COC(=O)C1COCC(OC(C)=O)C1OC(C)=O. The van der Waals surface area contributed by atoms with Gasteiger partial charge in [0.2, 0.25) is 0 Å². The van der Waals surface area contributed by atoms with Crippen molar-refractivity contribution in [2.75, 3.05) is 20.3 Å². The highest BCUT2D eigenvalue weighted by molar-refractivity contribution is 5.75. The molecule has 1 aliphatic rings. The Morgan fingerprint density at radius 3 is 2.17 bits per heavy atom. The molecular formula is C11H16O7. The first-order valence-corrected chi connectivity index (χ1v) is 5.45. The minimum absolute atomic E-state index is 0.0579. The zero-order chi connectivity index (χ0) is 13.7. The number of carbonyl (C=O) groups is 3. The van der Waals surface area contributed by atoms with Crippen LogP contribution in [-0.2, 0) is 33.3 Å². The van der Waals surface area contributed by atoms with Gasteiger partial charge in [-0.05, 0) is 0 Å². The average molecular weight is 260 g/mol. The van der Waals surface area contributed by atoms with E-state index < -0.39 is 36.0 Å². The van der Waals surface area contributed by atoms with E-state index in [9.17, 15) is 14.4 Å². The Hall–Kier alpha value is -1.63. The summed E-state index contributed by atoms with van der Waals surface area (Å²) in [5.41, 5.74) is 0. The Balaban J connectivity index is 2.85. The van der Waals surface area contributed by atoms with Crippen LogP contribution in [0.5, 0.6) is 0 Å². The molecule has 1 rings (SSSR count). The van der Waals surface area contributed by atoms with Crippen molar-refractivity contribution in [1.29, 1.82) is 0 Å². The molecule has 1 heterocycles. The molecule has 7 heteroatoms. The van der Waals surface area contributed by atoms with Crippen molar-refractivity contribution in [3.8, 4) is 0 Å². The molecule has 1 aliphatic heterocycles. The van der Waals surface area contributed by atoms with E-state index in [1.54, 1.807) is 0 Å². The van der Waals surface area contributed by atoms with Gasteiger partial charge in [-0.15, -0.1) is 0 Å². The third-order valence-electron chi connectivity index (χ3n) is 2.47. The summed E-state index contributed by atoms with van der Waals surface area (Å²) < 4.78 is 19.8. The fourth-order valence-corrected chi connectivity index (χ4v) is 1.78. The van der Waals surface area contributed by atoms with E-state index in [1.807, 2.05) is 0 Å². The highest BCUT2D eigenvalue weighted by Gasteiger charge is 2.43. The monoisotopic (exact) mass is 260 g/mol. The van der Waals surface area contributed by atoms with Crippen LogP contribution in [0.1, 0.15) is 13.8 Å². The van der Waals surface area contributed by atoms with Gasteiger partial charge in [-0.2, -0.15) is 0 Å². The third kappa shape index (κ3) is 3.69. The maximum Gasteiger partial charge on any atom is 0.314 e. The van der Waals surface area contributed by atoms with Crippen LogP contribution >= 0.6 is 0 Å². The molecule has 0 aromatic heterocycles. The summed E-state index contributed by atoms with van der Waals surface area (Å²) in [6.07, 6.45) is -1.68. The lowest BCUT2D eigenvalue weighted by molar-refractivity contribution is -0.196. The minimum atomic E-state index is -0.882. The van der Waals surface area contributed by atoms with Gasteiger partial charge in [-0.3, -0.25) is 14.4 Å². The van der Waals surface area contributed by atoms with E-state index in [0.29, 0.717) is 0 Å². The van der Waals surface area contributed by atoms with Crippen molar-refractivity contribution in [2.24, 2.45) is 5.92 Å². The molecule has 1 saturated heterocycles. The number of carbonyl (C=O) groups excluding carboxylic acids is 3. The second-order valence-electron chi connectivity index (χ2n) is 3.89. The summed E-state index contributed by atoms with van der Waals surface area (Å²) in [7, 11) is 1.22. The number of methoxy groups -OCH3 is 1. The lowest BCUT2D eigenvalue weighted by atomic mass is 9.96. The molecule has 7 nitrogen and oxygen atoms in total. The van der Waals surface area contributed by atoms with E-state index in [4.69, 9.17) is 14.2 Å². The summed E-state index contributed by atoms with van der Waals surface area (Å²) >= 11 is 0. The van der Waals surface area contributed by atoms with Crippen LogP contribution in [0.3, 0.4) is 0 Å². The fraction of sp³-hybridized carbons (Fsp3) is 0.727. The number of esters is 3. The highest BCUT2D eigenvalue weighted by atomic mass is 16.6. The Morgan fingerprint density at radius 2 is 1.67 bits per heavy atom. The molecule has 0 aliphatic carbocycles. The highest BCUT2D eigenvalue weighted by Crippen LogP contribution is 2.22. The number of hydrogen-bond donors (Lipinski definition) is 0. The maximum absolute atomic E-state index is 11.6. The number of hydrogen-bond acceptors (Lipinski definition) is 7. The molecule has 1 fully saturated rings. The molecule has 0 saturated carbocycles. The van der Waals surface area contributed by atoms with Crippen LogP contribution in [0.2, 0.25) is 0 Å². The molecule has 3 unspecified atom stereocenters. The third-order valence-corrected chi connectivity index (χ3v) is 2.47. The molecule has 3 atom stereocenters. The van der Waals surface area contributed by atoms with Gasteiger partial charge in [0.1, 0.15) is 5.92 Å². The van der Waals surface area contributed by atoms with E-state index in [1.165, 1.54) is 21.0 Å². The average Bonchev–Trinajstić information content (AvgIpc) is 2.29. The van der Waals surface area contributed by atoms with Crippen molar-refractivity contribution in [3.63, 3.8) is 0 Å². The van der Waals surface area contributed by atoms with Crippen LogP contribution in [-0.4, -0.2) is 50.4 Å². The van der Waals surface area contributed by atoms with E-state index in [0.717, 1.165) is 0 Å². The summed E-state index contributed by atoms with van der Waals surface area (Å²) in [5, 5.41) is 0. The summed E-state index contributed by atoms with van der Waals surface area (Å²) in [6, 6.07) is 0. The minimum Gasteiger partial charge on any atom is -0.469 e. The molecule has 0 aromatic rings. The normalized spacial score (nSPS) is 27.2. The molecule has 0 radical (unpaired) electrons. The number of rotatable bonds is 3. The lowest BCUT2D eigenvalue weighted by Gasteiger charge is -2.34. The first kappa shape index (κ1) is 14.4. The zero-order valence-electron chi connectivity index (χ0n) is 10.5. The molecular weight excluding hydrogens is 244 g/mol. The van der Waals surface area contributed by atoms with Crippen LogP contribution in [0, 0.1) is 5.92 Å². The summed E-state index contributed by atoms with van der Waals surface area (Å²) in [5.74, 6) is -2.46. The van der Waals surface area contributed by atoms with Gasteiger partial charge in [0.05, 0.1) is 20.3 Å². The standard InChI is InChI=1S/C11H16O7/c1-6(12)17-9-5-16-4-8(11(14)15-3)10(9)18-7(2)13/h8-10H,4-5H2,1-3H3. The van der Waals surface area contributed by atoms with Gasteiger partial charge in [0.15, 0.2) is 12.2 Å². The molecule has 0 amide bonds. The molecule has 102 valence electrons. The Bertz CT molecular complexity index is 338. The second kappa shape index (κ2) is 6.34. The summed E-state index contributed by atoms with van der Waals surface area (Å²) in [6.45, 7) is 2.58.